The molecule has 0 bridgehead atoms. The van der Waals surface area contributed by atoms with Crippen molar-refractivity contribution in [1.82, 2.24) is 4.90 Å². The van der Waals surface area contributed by atoms with E-state index in [9.17, 15) is 4.79 Å². The van der Waals surface area contributed by atoms with E-state index in [1.165, 1.54) is 11.3 Å². The van der Waals surface area contributed by atoms with Crippen LogP contribution in [0.3, 0.4) is 0 Å². The van der Waals surface area contributed by atoms with Crippen LogP contribution in [0.5, 0.6) is 0 Å². The van der Waals surface area contributed by atoms with E-state index in [0.717, 1.165) is 19.5 Å². The van der Waals surface area contributed by atoms with Gasteiger partial charge in [0.1, 0.15) is 0 Å². The normalized spacial score (nSPS) is 23.5. The second-order valence-electron chi connectivity index (χ2n) is 5.51. The number of carboxylic acid groups (broad SMARTS) is 1. The molecule has 1 aromatic rings. The summed E-state index contributed by atoms with van der Waals surface area (Å²) in [7, 11) is 4.05. The summed E-state index contributed by atoms with van der Waals surface area (Å²) in [5, 5.41) is 9.13. The molecule has 0 aromatic heterocycles. The summed E-state index contributed by atoms with van der Waals surface area (Å²) in [5.41, 5.74) is 2.42. The fourth-order valence-electron chi connectivity index (χ4n) is 2.69. The first kappa shape index (κ1) is 13.9. The zero-order valence-corrected chi connectivity index (χ0v) is 11.8. The van der Waals surface area contributed by atoms with Crippen LogP contribution in [0, 0.1) is 5.92 Å². The summed E-state index contributed by atoms with van der Waals surface area (Å²) >= 11 is 0. The Kier molecular flexibility index (Phi) is 4.10. The third-order valence-corrected chi connectivity index (χ3v) is 4.04. The summed E-state index contributed by atoms with van der Waals surface area (Å²) < 4.78 is 0. The van der Waals surface area contributed by atoms with E-state index in [-0.39, 0.29) is 12.0 Å². The highest BCUT2D eigenvalue weighted by molar-refractivity contribution is 5.71. The SMILES string of the molecule is CC1C(C(=O)O)CCN1Cc1ccc(N(C)C)cc1. The molecule has 2 rings (SSSR count). The highest BCUT2D eigenvalue weighted by Gasteiger charge is 2.35. The van der Waals surface area contributed by atoms with Crippen LogP contribution in [0.1, 0.15) is 18.9 Å². The van der Waals surface area contributed by atoms with Gasteiger partial charge in [-0.3, -0.25) is 9.69 Å². The second kappa shape index (κ2) is 5.61. The molecule has 0 radical (unpaired) electrons. The van der Waals surface area contributed by atoms with Crippen LogP contribution in [0.2, 0.25) is 0 Å². The average Bonchev–Trinajstić information content (AvgIpc) is 2.72. The van der Waals surface area contributed by atoms with Crippen LogP contribution in [-0.4, -0.2) is 42.7 Å². The third kappa shape index (κ3) is 3.07. The lowest BCUT2D eigenvalue weighted by Crippen LogP contribution is -2.32. The summed E-state index contributed by atoms with van der Waals surface area (Å²) in [4.78, 5) is 15.4. The Morgan fingerprint density at radius 3 is 2.47 bits per heavy atom. The molecular formula is C15H22N2O2. The summed E-state index contributed by atoms with van der Waals surface area (Å²) in [6, 6.07) is 8.56. The zero-order valence-electron chi connectivity index (χ0n) is 11.8. The van der Waals surface area contributed by atoms with E-state index in [1.54, 1.807) is 0 Å². The number of hydrogen-bond donors (Lipinski definition) is 1. The zero-order chi connectivity index (χ0) is 14.0. The second-order valence-corrected chi connectivity index (χ2v) is 5.51. The van der Waals surface area contributed by atoms with E-state index in [4.69, 9.17) is 5.11 Å². The molecule has 1 N–H and O–H groups in total. The average molecular weight is 262 g/mol. The van der Waals surface area contributed by atoms with Crippen LogP contribution in [0.4, 0.5) is 5.69 Å². The van der Waals surface area contributed by atoms with Gasteiger partial charge in [0.25, 0.3) is 0 Å². The van der Waals surface area contributed by atoms with Gasteiger partial charge in [-0.15, -0.1) is 0 Å². The topological polar surface area (TPSA) is 43.8 Å². The predicted molar refractivity (Wildman–Crippen MR) is 76.4 cm³/mol. The molecule has 0 saturated carbocycles. The maximum absolute atomic E-state index is 11.1. The van der Waals surface area contributed by atoms with E-state index < -0.39 is 5.97 Å². The quantitative estimate of drug-likeness (QED) is 0.902. The molecule has 4 heteroatoms. The molecule has 19 heavy (non-hydrogen) atoms. The van der Waals surface area contributed by atoms with Gasteiger partial charge in [0.15, 0.2) is 0 Å². The van der Waals surface area contributed by atoms with Crippen LogP contribution in [0.15, 0.2) is 24.3 Å². The first-order valence-corrected chi connectivity index (χ1v) is 6.72. The predicted octanol–water partition coefficient (Wildman–Crippen LogP) is 2.05. The molecule has 2 atom stereocenters. The number of rotatable bonds is 4. The lowest BCUT2D eigenvalue weighted by molar-refractivity contribution is -0.142. The molecule has 1 aliphatic heterocycles. The number of benzene rings is 1. The number of hydrogen-bond acceptors (Lipinski definition) is 3. The molecule has 1 saturated heterocycles. The van der Waals surface area contributed by atoms with Crippen molar-refractivity contribution in [2.45, 2.75) is 25.9 Å². The molecule has 0 amide bonds. The van der Waals surface area contributed by atoms with E-state index in [2.05, 4.69) is 34.1 Å². The number of carboxylic acids is 1. The molecule has 2 unspecified atom stereocenters. The Morgan fingerprint density at radius 2 is 2.00 bits per heavy atom. The van der Waals surface area contributed by atoms with E-state index in [1.807, 2.05) is 21.0 Å². The van der Waals surface area contributed by atoms with Gasteiger partial charge in [0, 0.05) is 32.4 Å². The number of carbonyl (C=O) groups is 1. The Balaban J connectivity index is 2.00. The molecule has 0 aliphatic carbocycles. The van der Waals surface area contributed by atoms with Crippen molar-refractivity contribution < 1.29 is 9.90 Å². The molecule has 1 aromatic carbocycles. The van der Waals surface area contributed by atoms with Crippen LogP contribution >= 0.6 is 0 Å². The van der Waals surface area contributed by atoms with Crippen LogP contribution in [0.25, 0.3) is 0 Å². The highest BCUT2D eigenvalue weighted by Crippen LogP contribution is 2.26. The highest BCUT2D eigenvalue weighted by atomic mass is 16.4. The van der Waals surface area contributed by atoms with Crippen LogP contribution in [-0.2, 0) is 11.3 Å². The summed E-state index contributed by atoms with van der Waals surface area (Å²) in [6.45, 7) is 3.71. The van der Waals surface area contributed by atoms with Crippen molar-refractivity contribution in [3.05, 3.63) is 29.8 Å². The lowest BCUT2D eigenvalue weighted by Gasteiger charge is -2.23. The Bertz CT molecular complexity index is 442. The van der Waals surface area contributed by atoms with Crippen molar-refractivity contribution in [2.24, 2.45) is 5.92 Å². The molecule has 4 nitrogen and oxygen atoms in total. The molecule has 104 valence electrons. The van der Waals surface area contributed by atoms with Crippen molar-refractivity contribution in [1.29, 1.82) is 0 Å². The minimum absolute atomic E-state index is 0.117. The first-order valence-electron chi connectivity index (χ1n) is 6.72. The summed E-state index contributed by atoms with van der Waals surface area (Å²) in [5.74, 6) is -0.890. The van der Waals surface area contributed by atoms with Gasteiger partial charge in [0.2, 0.25) is 0 Å². The number of anilines is 1. The van der Waals surface area contributed by atoms with Gasteiger partial charge in [-0.25, -0.2) is 0 Å². The van der Waals surface area contributed by atoms with Crippen molar-refractivity contribution in [3.63, 3.8) is 0 Å². The number of aliphatic carboxylic acids is 1. The van der Waals surface area contributed by atoms with Gasteiger partial charge in [-0.2, -0.15) is 0 Å². The largest absolute Gasteiger partial charge is 0.481 e. The molecule has 0 spiro atoms. The molecular weight excluding hydrogens is 240 g/mol. The van der Waals surface area contributed by atoms with Crippen LogP contribution < -0.4 is 4.90 Å². The van der Waals surface area contributed by atoms with Gasteiger partial charge in [0.05, 0.1) is 5.92 Å². The lowest BCUT2D eigenvalue weighted by atomic mass is 10.0. The Hall–Kier alpha value is -1.55. The maximum Gasteiger partial charge on any atom is 0.308 e. The standard InChI is InChI=1S/C15H22N2O2/c1-11-14(15(18)19)8-9-17(11)10-12-4-6-13(7-5-12)16(2)3/h4-7,11,14H,8-10H2,1-3H3,(H,18,19). The molecule has 1 fully saturated rings. The van der Waals surface area contributed by atoms with Gasteiger partial charge in [-0.05, 0) is 37.6 Å². The van der Waals surface area contributed by atoms with Crippen molar-refractivity contribution in [3.8, 4) is 0 Å². The van der Waals surface area contributed by atoms with Gasteiger partial charge < -0.3 is 10.0 Å². The molecule has 1 aliphatic rings. The third-order valence-electron chi connectivity index (χ3n) is 4.04. The van der Waals surface area contributed by atoms with Crippen molar-refractivity contribution >= 4 is 11.7 Å². The van der Waals surface area contributed by atoms with Gasteiger partial charge >= 0.3 is 5.97 Å². The fraction of sp³-hybridized carbons (Fsp3) is 0.533. The minimum atomic E-state index is -0.669. The Morgan fingerprint density at radius 1 is 1.37 bits per heavy atom. The van der Waals surface area contributed by atoms with Gasteiger partial charge in [-0.1, -0.05) is 12.1 Å². The Labute approximate surface area is 114 Å². The van der Waals surface area contributed by atoms with E-state index in [0.29, 0.717) is 0 Å². The van der Waals surface area contributed by atoms with E-state index >= 15 is 0 Å². The van der Waals surface area contributed by atoms with Crippen molar-refractivity contribution in [2.75, 3.05) is 25.5 Å². The first-order chi connectivity index (χ1) is 8.99. The maximum atomic E-state index is 11.1. The smallest absolute Gasteiger partial charge is 0.308 e. The number of nitrogens with zero attached hydrogens (tertiary/aromatic N) is 2. The monoisotopic (exact) mass is 262 g/mol. The number of likely N-dealkylation sites (tertiary alicyclic amines) is 1. The summed E-state index contributed by atoms with van der Waals surface area (Å²) in [6.07, 6.45) is 0.756. The fourth-order valence-corrected chi connectivity index (χ4v) is 2.69. The minimum Gasteiger partial charge on any atom is -0.481 e. The molecule has 1 heterocycles.